The molecule has 0 aliphatic heterocycles. The zero-order chi connectivity index (χ0) is 21.5. The van der Waals surface area contributed by atoms with Crippen LogP contribution >= 0.6 is 11.6 Å². The summed E-state index contributed by atoms with van der Waals surface area (Å²) in [6, 6.07) is 2.51. The number of rotatable bonds is 6. The van der Waals surface area contributed by atoms with Crippen molar-refractivity contribution in [1.82, 2.24) is 19.6 Å². The van der Waals surface area contributed by atoms with Crippen molar-refractivity contribution in [1.29, 1.82) is 0 Å². The fourth-order valence-corrected chi connectivity index (χ4v) is 4.26. The number of aromatic hydroxyl groups is 1. The monoisotopic (exact) mass is 440 g/mol. The maximum absolute atomic E-state index is 12.9. The van der Waals surface area contributed by atoms with E-state index in [4.69, 9.17) is 16.0 Å². The van der Waals surface area contributed by atoms with E-state index in [1.165, 1.54) is 39.2 Å². The molecule has 0 radical (unpaired) electrons. The van der Waals surface area contributed by atoms with E-state index in [-0.39, 0.29) is 50.7 Å². The number of hydrogen-bond acceptors (Lipinski definition) is 8. The fourth-order valence-electron chi connectivity index (χ4n) is 2.77. The van der Waals surface area contributed by atoms with Crippen LogP contribution in [0.25, 0.3) is 0 Å². The average Bonchev–Trinajstić information content (AvgIpc) is 3.16. The number of benzene rings is 1. The van der Waals surface area contributed by atoms with Crippen LogP contribution in [0, 0.1) is 6.92 Å². The minimum atomic E-state index is -3.72. The van der Waals surface area contributed by atoms with Crippen LogP contribution < -0.4 is 5.76 Å². The van der Waals surface area contributed by atoms with E-state index in [1.807, 2.05) is 0 Å². The highest BCUT2D eigenvalue weighted by atomic mass is 35.5. The largest absolute Gasteiger partial charge is 0.493 e. The fraction of sp³-hybridized carbons (Fsp3) is 0.294. The van der Waals surface area contributed by atoms with E-state index in [0.717, 1.165) is 9.36 Å². The van der Waals surface area contributed by atoms with Crippen LogP contribution in [-0.4, -0.2) is 44.6 Å². The average molecular weight is 441 g/mol. The molecule has 0 bridgehead atoms. The molecule has 10 nitrogen and oxygen atoms in total. The van der Waals surface area contributed by atoms with Gasteiger partial charge in [0.15, 0.2) is 9.84 Å². The van der Waals surface area contributed by atoms with E-state index in [9.17, 15) is 23.1 Å². The summed E-state index contributed by atoms with van der Waals surface area (Å²) in [4.78, 5) is 24.6. The third-order valence-electron chi connectivity index (χ3n) is 4.33. The maximum atomic E-state index is 12.9. The first-order valence-corrected chi connectivity index (χ1v) is 10.4. The number of carbonyl (C=O) groups is 1. The van der Waals surface area contributed by atoms with E-state index in [1.54, 1.807) is 0 Å². The van der Waals surface area contributed by atoms with Gasteiger partial charge in [0.25, 0.3) is 0 Å². The third-order valence-corrected chi connectivity index (χ3v) is 6.57. The molecule has 0 aliphatic rings. The Hall–Kier alpha value is -2.92. The van der Waals surface area contributed by atoms with Crippen LogP contribution in [-0.2, 0) is 23.4 Å². The molecule has 0 saturated heterocycles. The van der Waals surface area contributed by atoms with Gasteiger partial charge in [0.2, 0.25) is 17.6 Å². The van der Waals surface area contributed by atoms with Gasteiger partial charge in [-0.1, -0.05) is 18.5 Å². The summed E-state index contributed by atoms with van der Waals surface area (Å²) in [5.41, 5.74) is -0.118. The predicted molar refractivity (Wildman–Crippen MR) is 102 cm³/mol. The van der Waals surface area contributed by atoms with Gasteiger partial charge in [-0.3, -0.25) is 4.79 Å². The minimum absolute atomic E-state index is 0.0261. The normalized spacial score (nSPS) is 11.7. The van der Waals surface area contributed by atoms with Crippen LogP contribution in [0.1, 0.15) is 34.3 Å². The van der Waals surface area contributed by atoms with Gasteiger partial charge >= 0.3 is 5.76 Å². The Labute approximate surface area is 170 Å². The molecule has 0 atom stereocenters. The van der Waals surface area contributed by atoms with E-state index >= 15 is 0 Å². The number of aryl methyl sites for hydroxylation is 2. The lowest BCUT2D eigenvalue weighted by atomic mass is 10.0. The second-order valence-electron chi connectivity index (χ2n) is 6.19. The van der Waals surface area contributed by atoms with E-state index in [0.29, 0.717) is 0 Å². The molecule has 0 unspecified atom stereocenters. The second-order valence-corrected chi connectivity index (χ2v) is 8.81. The Morgan fingerprint density at radius 2 is 2.00 bits per heavy atom. The highest BCUT2D eigenvalue weighted by Crippen LogP contribution is 2.32. The molecule has 2 heterocycles. The van der Waals surface area contributed by atoms with Gasteiger partial charge in [-0.25, -0.2) is 17.9 Å². The van der Waals surface area contributed by atoms with Gasteiger partial charge in [-0.2, -0.15) is 9.78 Å². The summed E-state index contributed by atoms with van der Waals surface area (Å²) in [7, 11) is -2.27. The van der Waals surface area contributed by atoms with E-state index in [2.05, 4.69) is 10.2 Å². The Morgan fingerprint density at radius 3 is 2.52 bits per heavy atom. The Bertz CT molecular complexity index is 1270. The molecule has 12 heteroatoms. The molecule has 0 aliphatic carbocycles. The zero-order valence-corrected chi connectivity index (χ0v) is 17.3. The highest BCUT2D eigenvalue weighted by molar-refractivity contribution is 7.91. The van der Waals surface area contributed by atoms with Gasteiger partial charge < -0.3 is 9.52 Å². The summed E-state index contributed by atoms with van der Waals surface area (Å²) in [5.74, 6) is -1.91. The van der Waals surface area contributed by atoms with Gasteiger partial charge in [-0.15, -0.1) is 5.10 Å². The van der Waals surface area contributed by atoms with Crippen molar-refractivity contribution >= 4 is 27.2 Å². The SMILES string of the molecule is CCS(=O)(=O)c1ccc(C(=O)c2cnn(C)c2O)c(Cl)c1Cn1nc(C)oc1=O. The molecule has 3 aromatic rings. The number of ketones is 1. The third kappa shape index (κ3) is 3.70. The molecular weight excluding hydrogens is 424 g/mol. The molecular formula is C17H17ClN4O6S. The molecule has 0 spiro atoms. The first-order chi connectivity index (χ1) is 13.6. The first-order valence-electron chi connectivity index (χ1n) is 8.41. The Kier molecular flexibility index (Phi) is 5.37. The molecule has 3 rings (SSSR count). The summed E-state index contributed by atoms with van der Waals surface area (Å²) in [6.45, 7) is 2.62. The minimum Gasteiger partial charge on any atom is -0.493 e. The number of sulfone groups is 1. The van der Waals surface area contributed by atoms with Crippen molar-refractivity contribution in [2.45, 2.75) is 25.3 Å². The van der Waals surface area contributed by atoms with Crippen LogP contribution in [0.15, 0.2) is 32.4 Å². The van der Waals surface area contributed by atoms with Crippen LogP contribution in [0.5, 0.6) is 5.88 Å². The molecule has 2 aromatic heterocycles. The molecule has 0 saturated carbocycles. The summed E-state index contributed by atoms with van der Waals surface area (Å²) in [5, 5.41) is 17.5. The molecule has 1 aromatic carbocycles. The summed E-state index contributed by atoms with van der Waals surface area (Å²) >= 11 is 6.42. The van der Waals surface area contributed by atoms with Crippen molar-refractivity contribution < 1.29 is 22.7 Å². The first kappa shape index (κ1) is 20.8. The zero-order valence-electron chi connectivity index (χ0n) is 15.7. The summed E-state index contributed by atoms with van der Waals surface area (Å²) < 4.78 is 31.9. The number of halogens is 1. The molecule has 1 N–H and O–H groups in total. The van der Waals surface area contributed by atoms with Crippen molar-refractivity contribution in [2.24, 2.45) is 7.05 Å². The van der Waals surface area contributed by atoms with Crippen molar-refractivity contribution in [3.8, 4) is 5.88 Å². The van der Waals surface area contributed by atoms with Crippen LogP contribution in [0.2, 0.25) is 5.02 Å². The highest BCUT2D eigenvalue weighted by Gasteiger charge is 2.27. The second kappa shape index (κ2) is 7.48. The van der Waals surface area contributed by atoms with E-state index < -0.39 is 21.4 Å². The number of nitrogens with zero attached hydrogens (tertiary/aromatic N) is 4. The number of aromatic nitrogens is 4. The maximum Gasteiger partial charge on any atom is 0.437 e. The van der Waals surface area contributed by atoms with Crippen molar-refractivity contribution in [3.63, 3.8) is 0 Å². The lowest BCUT2D eigenvalue weighted by molar-refractivity contribution is 0.103. The number of carbonyl (C=O) groups excluding carboxylic acids is 1. The van der Waals surface area contributed by atoms with Crippen molar-refractivity contribution in [3.05, 3.63) is 56.5 Å². The molecule has 0 amide bonds. The smallest absolute Gasteiger partial charge is 0.437 e. The number of hydrogen-bond donors (Lipinski definition) is 1. The lowest BCUT2D eigenvalue weighted by Crippen LogP contribution is -2.20. The van der Waals surface area contributed by atoms with Gasteiger partial charge in [-0.05, 0) is 12.1 Å². The Balaban J connectivity index is 2.21. The molecule has 29 heavy (non-hydrogen) atoms. The van der Waals surface area contributed by atoms with Crippen LogP contribution in [0.4, 0.5) is 0 Å². The molecule has 154 valence electrons. The standard InChI is InChI=1S/C17H17ClN4O6S/c1-4-29(26,27)13-6-5-10(15(23)11-7-19-21(3)16(11)24)14(18)12(13)8-22-17(25)28-9(2)20-22/h5-7,24H,4,8H2,1-3H3. The Morgan fingerprint density at radius 1 is 1.31 bits per heavy atom. The predicted octanol–water partition coefficient (Wildman–Crippen LogP) is 1.31. The summed E-state index contributed by atoms with van der Waals surface area (Å²) in [6.07, 6.45) is 1.18. The topological polar surface area (TPSA) is 137 Å². The van der Waals surface area contributed by atoms with Crippen LogP contribution in [0.3, 0.4) is 0 Å². The van der Waals surface area contributed by atoms with Gasteiger partial charge in [0.1, 0.15) is 5.56 Å². The van der Waals surface area contributed by atoms with Gasteiger partial charge in [0.05, 0.1) is 28.4 Å². The van der Waals surface area contributed by atoms with Crippen molar-refractivity contribution in [2.75, 3.05) is 5.75 Å². The lowest BCUT2D eigenvalue weighted by Gasteiger charge is -2.14. The van der Waals surface area contributed by atoms with Gasteiger partial charge in [0, 0.05) is 25.1 Å². The molecule has 0 fully saturated rings. The quantitative estimate of drug-likeness (QED) is 0.566.